The number of hydrogen-bond donors (Lipinski definition) is 1. The molecule has 0 fully saturated rings. The van der Waals surface area contributed by atoms with Crippen LogP contribution in [0.1, 0.15) is 0 Å². The Kier molecular flexibility index (Phi) is 1.97. The maximum absolute atomic E-state index is 10.5. The van der Waals surface area contributed by atoms with Gasteiger partial charge in [-0.25, -0.2) is 5.84 Å². The van der Waals surface area contributed by atoms with E-state index < -0.39 is 4.92 Å². The Morgan fingerprint density at radius 3 is 3.07 bits per heavy atom. The number of hydrogen-bond acceptors (Lipinski definition) is 5. The molecule has 1 aliphatic rings. The van der Waals surface area contributed by atoms with E-state index in [4.69, 9.17) is 10.6 Å². The number of nitrogens with two attached hydrogens (primary N) is 1. The van der Waals surface area contributed by atoms with Crippen molar-refractivity contribution in [3.8, 4) is 5.75 Å². The van der Waals surface area contributed by atoms with Gasteiger partial charge in [-0.2, -0.15) is 0 Å². The summed E-state index contributed by atoms with van der Waals surface area (Å²) in [5.74, 6) is 6.23. The van der Waals surface area contributed by atoms with Gasteiger partial charge in [0.1, 0.15) is 18.0 Å². The fourth-order valence-electron chi connectivity index (χ4n) is 1.34. The lowest BCUT2D eigenvalue weighted by Crippen LogP contribution is -2.38. The summed E-state index contributed by atoms with van der Waals surface area (Å²) in [5, 5.41) is 11.9. The monoisotopic (exact) mass is 195 g/mol. The van der Waals surface area contributed by atoms with Gasteiger partial charge in [-0.3, -0.25) is 10.1 Å². The predicted molar refractivity (Wildman–Crippen MR) is 50.1 cm³/mol. The largest absolute Gasteiger partial charge is 0.489 e. The maximum atomic E-state index is 10.5. The molecule has 1 aromatic rings. The van der Waals surface area contributed by atoms with Crippen LogP contribution in [0, 0.1) is 10.1 Å². The van der Waals surface area contributed by atoms with Crippen molar-refractivity contribution in [3.63, 3.8) is 0 Å². The zero-order chi connectivity index (χ0) is 10.1. The molecule has 0 aliphatic carbocycles. The number of hydrazine groups is 1. The van der Waals surface area contributed by atoms with Crippen LogP contribution < -0.4 is 15.6 Å². The second-order valence-corrected chi connectivity index (χ2v) is 2.95. The van der Waals surface area contributed by atoms with Gasteiger partial charge in [-0.1, -0.05) is 0 Å². The summed E-state index contributed by atoms with van der Waals surface area (Å²) in [6, 6.07) is 4.37. The van der Waals surface area contributed by atoms with E-state index in [0.717, 1.165) is 0 Å². The predicted octanol–water partition coefficient (Wildman–Crippen LogP) is 0.667. The highest BCUT2D eigenvalue weighted by Gasteiger charge is 2.18. The van der Waals surface area contributed by atoms with Crippen molar-refractivity contribution in [1.82, 2.24) is 0 Å². The van der Waals surface area contributed by atoms with Crippen LogP contribution in [-0.4, -0.2) is 18.1 Å². The second kappa shape index (κ2) is 3.15. The molecule has 1 aromatic carbocycles. The lowest BCUT2D eigenvalue weighted by Gasteiger charge is -2.26. The number of nitro groups is 1. The van der Waals surface area contributed by atoms with E-state index in [9.17, 15) is 10.1 Å². The molecular formula is C8H9N3O3. The van der Waals surface area contributed by atoms with Crippen molar-refractivity contribution in [3.05, 3.63) is 28.3 Å². The van der Waals surface area contributed by atoms with E-state index in [-0.39, 0.29) is 5.69 Å². The number of anilines is 1. The molecule has 0 radical (unpaired) electrons. The van der Waals surface area contributed by atoms with Gasteiger partial charge < -0.3 is 9.75 Å². The smallest absolute Gasteiger partial charge is 0.271 e. The molecule has 0 saturated carbocycles. The standard InChI is InChI=1S/C8H9N3O3/c9-10-3-4-14-8-2-1-6(11(12)13)5-7(8)10/h1-2,5H,3-4,9H2. The van der Waals surface area contributed by atoms with Gasteiger partial charge in [-0.15, -0.1) is 0 Å². The summed E-state index contributed by atoms with van der Waals surface area (Å²) in [6.45, 7) is 1.04. The molecule has 0 aromatic heterocycles. The van der Waals surface area contributed by atoms with Crippen molar-refractivity contribution >= 4 is 11.4 Å². The molecule has 74 valence electrons. The first kappa shape index (κ1) is 8.76. The number of benzene rings is 1. The van der Waals surface area contributed by atoms with Crippen molar-refractivity contribution in [2.45, 2.75) is 0 Å². The third-order valence-corrected chi connectivity index (χ3v) is 2.05. The Morgan fingerprint density at radius 2 is 2.36 bits per heavy atom. The SMILES string of the molecule is NN1CCOc2ccc([N+](=O)[O-])cc21. The van der Waals surface area contributed by atoms with Crippen molar-refractivity contribution in [2.75, 3.05) is 18.2 Å². The normalized spacial score (nSPS) is 14.5. The highest BCUT2D eigenvalue weighted by molar-refractivity contribution is 5.63. The number of ether oxygens (including phenoxy) is 1. The Morgan fingerprint density at radius 1 is 1.57 bits per heavy atom. The molecule has 0 bridgehead atoms. The van der Waals surface area contributed by atoms with Gasteiger partial charge in [0.15, 0.2) is 0 Å². The van der Waals surface area contributed by atoms with E-state index in [1.54, 1.807) is 6.07 Å². The maximum Gasteiger partial charge on any atom is 0.271 e. The number of rotatable bonds is 1. The van der Waals surface area contributed by atoms with Crippen molar-refractivity contribution in [2.24, 2.45) is 5.84 Å². The molecule has 2 rings (SSSR count). The first-order valence-electron chi connectivity index (χ1n) is 4.12. The lowest BCUT2D eigenvalue weighted by molar-refractivity contribution is -0.384. The first-order chi connectivity index (χ1) is 6.68. The molecule has 0 atom stereocenters. The zero-order valence-electron chi connectivity index (χ0n) is 7.34. The van der Waals surface area contributed by atoms with E-state index in [2.05, 4.69) is 0 Å². The number of nitrogens with zero attached hydrogens (tertiary/aromatic N) is 2. The minimum absolute atomic E-state index is 0.0182. The van der Waals surface area contributed by atoms with Crippen LogP contribution in [0.2, 0.25) is 0 Å². The Labute approximate surface area is 80.0 Å². The summed E-state index contributed by atoms with van der Waals surface area (Å²) in [5.41, 5.74) is 0.579. The molecule has 1 aliphatic heterocycles. The van der Waals surface area contributed by atoms with Crippen LogP contribution in [0.3, 0.4) is 0 Å². The summed E-state index contributed by atoms with van der Waals surface area (Å²) in [6.07, 6.45) is 0. The Hall–Kier alpha value is -1.82. The number of non-ortho nitro benzene ring substituents is 1. The second-order valence-electron chi connectivity index (χ2n) is 2.95. The van der Waals surface area contributed by atoms with Gasteiger partial charge in [0.05, 0.1) is 11.5 Å². The van der Waals surface area contributed by atoms with E-state index in [1.807, 2.05) is 0 Å². The lowest BCUT2D eigenvalue weighted by atomic mass is 10.2. The van der Waals surface area contributed by atoms with Crippen LogP contribution in [-0.2, 0) is 0 Å². The third-order valence-electron chi connectivity index (χ3n) is 2.05. The highest BCUT2D eigenvalue weighted by Crippen LogP contribution is 2.32. The summed E-state index contributed by atoms with van der Waals surface area (Å²) < 4.78 is 5.28. The van der Waals surface area contributed by atoms with Gasteiger partial charge in [0.25, 0.3) is 5.69 Å². The van der Waals surface area contributed by atoms with Crippen LogP contribution in [0.15, 0.2) is 18.2 Å². The molecule has 0 spiro atoms. The molecular weight excluding hydrogens is 186 g/mol. The van der Waals surface area contributed by atoms with Crippen LogP contribution in [0.25, 0.3) is 0 Å². The van der Waals surface area contributed by atoms with Gasteiger partial charge in [0, 0.05) is 12.1 Å². The molecule has 1 heterocycles. The summed E-state index contributed by atoms with van der Waals surface area (Å²) in [4.78, 5) is 10.0. The van der Waals surface area contributed by atoms with Gasteiger partial charge >= 0.3 is 0 Å². The number of fused-ring (bicyclic) bond motifs is 1. The average Bonchev–Trinajstić information content (AvgIpc) is 2.18. The summed E-state index contributed by atoms with van der Waals surface area (Å²) >= 11 is 0. The minimum atomic E-state index is -0.456. The van der Waals surface area contributed by atoms with Crippen molar-refractivity contribution < 1.29 is 9.66 Å². The molecule has 14 heavy (non-hydrogen) atoms. The van der Waals surface area contributed by atoms with Gasteiger partial charge in [-0.05, 0) is 6.07 Å². The average molecular weight is 195 g/mol. The van der Waals surface area contributed by atoms with Crippen LogP contribution in [0.4, 0.5) is 11.4 Å². The van der Waals surface area contributed by atoms with E-state index >= 15 is 0 Å². The molecule has 6 heteroatoms. The Balaban J connectivity index is 2.45. The molecule has 0 saturated heterocycles. The zero-order valence-corrected chi connectivity index (χ0v) is 7.34. The molecule has 0 unspecified atom stereocenters. The van der Waals surface area contributed by atoms with Crippen LogP contribution >= 0.6 is 0 Å². The topological polar surface area (TPSA) is 81.6 Å². The summed E-state index contributed by atoms with van der Waals surface area (Å²) in [7, 11) is 0. The molecule has 6 nitrogen and oxygen atoms in total. The van der Waals surface area contributed by atoms with E-state index in [1.165, 1.54) is 17.1 Å². The molecule has 0 amide bonds. The quantitative estimate of drug-likeness (QED) is 0.404. The molecule has 2 N–H and O–H groups in total. The fourth-order valence-corrected chi connectivity index (χ4v) is 1.34. The fraction of sp³-hybridized carbons (Fsp3) is 0.250. The van der Waals surface area contributed by atoms with Crippen LogP contribution in [0.5, 0.6) is 5.75 Å². The van der Waals surface area contributed by atoms with Gasteiger partial charge in [0.2, 0.25) is 0 Å². The van der Waals surface area contributed by atoms with Crippen molar-refractivity contribution in [1.29, 1.82) is 0 Å². The minimum Gasteiger partial charge on any atom is -0.489 e. The third kappa shape index (κ3) is 1.35. The van der Waals surface area contributed by atoms with E-state index in [0.29, 0.717) is 24.6 Å². The number of nitro benzene ring substituents is 1. The highest BCUT2D eigenvalue weighted by atomic mass is 16.6. The Bertz CT molecular complexity index is 380. The first-order valence-corrected chi connectivity index (χ1v) is 4.12.